The molecule has 2 aliphatic rings. The summed E-state index contributed by atoms with van der Waals surface area (Å²) in [6, 6.07) is 7.36. The molecule has 0 bridgehead atoms. The Bertz CT molecular complexity index is 1140. The van der Waals surface area contributed by atoms with Gasteiger partial charge in [-0.15, -0.1) is 0 Å². The second-order valence-corrected chi connectivity index (χ2v) is 8.59. The van der Waals surface area contributed by atoms with Crippen LogP contribution in [0, 0.1) is 24.2 Å². The molecule has 2 N–H and O–H groups in total. The Morgan fingerprint density at radius 3 is 2.62 bits per heavy atom. The Kier molecular flexibility index (Phi) is 7.01. The van der Waals surface area contributed by atoms with E-state index in [4.69, 9.17) is 0 Å². The maximum Gasteiger partial charge on any atom is 0.313 e. The molecule has 0 saturated carbocycles. The van der Waals surface area contributed by atoms with E-state index in [1.165, 1.54) is 6.20 Å². The molecule has 10 heteroatoms. The number of nitriles is 1. The molecule has 2 fully saturated rings. The van der Waals surface area contributed by atoms with E-state index in [1.807, 2.05) is 17.9 Å². The number of anilines is 3. The summed E-state index contributed by atoms with van der Waals surface area (Å²) in [5, 5.41) is 14.6. The van der Waals surface area contributed by atoms with Gasteiger partial charge in [-0.05, 0) is 49.8 Å². The van der Waals surface area contributed by atoms with Crippen molar-refractivity contribution >= 4 is 34.9 Å². The molecule has 0 radical (unpaired) electrons. The zero-order valence-corrected chi connectivity index (χ0v) is 19.1. The van der Waals surface area contributed by atoms with Crippen LogP contribution >= 0.6 is 0 Å². The zero-order valence-electron chi connectivity index (χ0n) is 19.1. The van der Waals surface area contributed by atoms with Crippen molar-refractivity contribution in [3.8, 4) is 6.07 Å². The lowest BCUT2D eigenvalue weighted by Crippen LogP contribution is -2.42. The third kappa shape index (κ3) is 5.14. The van der Waals surface area contributed by atoms with E-state index in [1.54, 1.807) is 23.2 Å². The molecule has 3 heterocycles. The number of nitrogens with zero attached hydrogens (tertiary/aromatic N) is 5. The van der Waals surface area contributed by atoms with Crippen LogP contribution in [0.15, 0.2) is 30.6 Å². The fourth-order valence-electron chi connectivity index (χ4n) is 4.38. The van der Waals surface area contributed by atoms with Gasteiger partial charge in [-0.25, -0.2) is 9.97 Å². The Balaban J connectivity index is 1.27. The average Bonchev–Trinajstić information content (AvgIpc) is 3.29. The lowest BCUT2D eigenvalue weighted by molar-refractivity contribution is -0.136. The molecule has 0 spiro atoms. The zero-order chi connectivity index (χ0) is 24.1. The predicted molar refractivity (Wildman–Crippen MR) is 126 cm³/mol. The first-order chi connectivity index (χ1) is 16.5. The summed E-state index contributed by atoms with van der Waals surface area (Å²) >= 11 is 0. The Morgan fingerprint density at radius 2 is 1.91 bits per heavy atom. The lowest BCUT2D eigenvalue weighted by Gasteiger charge is -2.32. The minimum Gasteiger partial charge on any atom is -0.354 e. The van der Waals surface area contributed by atoms with Crippen LogP contribution in [0.2, 0.25) is 0 Å². The number of rotatable bonds is 5. The fraction of sp³-hybridized carbons (Fsp3) is 0.417. The second-order valence-electron chi connectivity index (χ2n) is 8.59. The van der Waals surface area contributed by atoms with Gasteiger partial charge in [-0.2, -0.15) is 5.26 Å². The SMILES string of the molecule is Cc1ccc(NC(=O)C(=O)NCC2CCN(c3nccnc3C#N)CC2)cc1N1CCCC1=O. The highest BCUT2D eigenvalue weighted by Crippen LogP contribution is 2.28. The van der Waals surface area contributed by atoms with Gasteiger partial charge in [0.15, 0.2) is 11.5 Å². The summed E-state index contributed by atoms with van der Waals surface area (Å²) in [4.78, 5) is 48.9. The van der Waals surface area contributed by atoms with Crippen LogP contribution in [0.25, 0.3) is 0 Å². The van der Waals surface area contributed by atoms with E-state index in [-0.39, 0.29) is 11.8 Å². The third-order valence-corrected chi connectivity index (χ3v) is 6.29. The molecule has 2 aliphatic heterocycles. The molecule has 3 amide bonds. The third-order valence-electron chi connectivity index (χ3n) is 6.29. The molecule has 1 aromatic heterocycles. The molecule has 0 aliphatic carbocycles. The maximum atomic E-state index is 12.4. The summed E-state index contributed by atoms with van der Waals surface area (Å²) in [7, 11) is 0. The van der Waals surface area contributed by atoms with Crippen molar-refractivity contribution in [1.82, 2.24) is 15.3 Å². The summed E-state index contributed by atoms with van der Waals surface area (Å²) in [6.45, 7) is 4.36. The first-order valence-corrected chi connectivity index (χ1v) is 11.4. The van der Waals surface area contributed by atoms with Crippen molar-refractivity contribution in [1.29, 1.82) is 5.26 Å². The van der Waals surface area contributed by atoms with Gasteiger partial charge in [-0.1, -0.05) is 6.07 Å². The molecule has 0 atom stereocenters. The molecule has 4 rings (SSSR count). The smallest absolute Gasteiger partial charge is 0.313 e. The second kappa shape index (κ2) is 10.3. The van der Waals surface area contributed by atoms with E-state index in [0.717, 1.165) is 30.5 Å². The van der Waals surface area contributed by atoms with Crippen molar-refractivity contribution in [2.75, 3.05) is 41.3 Å². The largest absolute Gasteiger partial charge is 0.354 e. The van der Waals surface area contributed by atoms with Crippen LogP contribution in [0.4, 0.5) is 17.2 Å². The number of hydrogen-bond donors (Lipinski definition) is 2. The minimum absolute atomic E-state index is 0.0681. The van der Waals surface area contributed by atoms with Crippen molar-refractivity contribution in [3.63, 3.8) is 0 Å². The highest BCUT2D eigenvalue weighted by Gasteiger charge is 2.25. The van der Waals surface area contributed by atoms with Gasteiger partial charge in [0.1, 0.15) is 6.07 Å². The standard InChI is InChI=1S/C24H27N7O3/c1-16-4-5-18(13-20(16)31-10-2-3-21(31)32)29-24(34)23(33)28-15-17-6-11-30(12-7-17)22-19(14-25)26-8-9-27-22/h4-5,8-9,13,17H,2-3,6-7,10-12,15H2,1H3,(H,28,33)(H,29,34). The van der Waals surface area contributed by atoms with E-state index in [0.29, 0.717) is 49.8 Å². The number of nitrogens with one attached hydrogen (secondary N) is 2. The van der Waals surface area contributed by atoms with Crippen LogP contribution in [0.3, 0.4) is 0 Å². The quantitative estimate of drug-likeness (QED) is 0.649. The average molecular weight is 462 g/mol. The first-order valence-electron chi connectivity index (χ1n) is 11.4. The van der Waals surface area contributed by atoms with Crippen molar-refractivity contribution in [2.24, 2.45) is 5.92 Å². The number of piperidine rings is 1. The molecule has 2 saturated heterocycles. The maximum absolute atomic E-state index is 12.4. The van der Waals surface area contributed by atoms with Gasteiger partial charge in [0.2, 0.25) is 5.91 Å². The number of hydrogen-bond acceptors (Lipinski definition) is 7. The number of aromatic nitrogens is 2. The Labute approximate surface area is 198 Å². The van der Waals surface area contributed by atoms with Crippen LogP contribution in [-0.4, -0.2) is 53.9 Å². The summed E-state index contributed by atoms with van der Waals surface area (Å²) in [6.07, 6.45) is 6.01. The topological polar surface area (TPSA) is 131 Å². The Hall–Kier alpha value is -4.00. The molecular formula is C24H27N7O3. The lowest BCUT2D eigenvalue weighted by atomic mass is 9.96. The van der Waals surface area contributed by atoms with Crippen molar-refractivity contribution in [3.05, 3.63) is 41.9 Å². The van der Waals surface area contributed by atoms with Gasteiger partial charge < -0.3 is 20.4 Å². The predicted octanol–water partition coefficient (Wildman–Crippen LogP) is 1.75. The number of benzene rings is 1. The fourth-order valence-corrected chi connectivity index (χ4v) is 4.38. The Morgan fingerprint density at radius 1 is 1.15 bits per heavy atom. The number of carbonyl (C=O) groups is 3. The van der Waals surface area contributed by atoms with Crippen LogP contribution in [0.5, 0.6) is 0 Å². The van der Waals surface area contributed by atoms with Gasteiger partial charge in [-0.3, -0.25) is 14.4 Å². The van der Waals surface area contributed by atoms with Gasteiger partial charge >= 0.3 is 11.8 Å². The van der Waals surface area contributed by atoms with Gasteiger partial charge in [0.05, 0.1) is 0 Å². The molecule has 0 unspecified atom stereocenters. The van der Waals surface area contributed by atoms with Crippen molar-refractivity contribution < 1.29 is 14.4 Å². The summed E-state index contributed by atoms with van der Waals surface area (Å²) in [5.74, 6) is -0.554. The number of amides is 3. The molecule has 176 valence electrons. The molecule has 2 aromatic rings. The summed E-state index contributed by atoms with van der Waals surface area (Å²) < 4.78 is 0. The molecule has 34 heavy (non-hydrogen) atoms. The number of aryl methyl sites for hydroxylation is 1. The molecule has 1 aromatic carbocycles. The van der Waals surface area contributed by atoms with Gasteiger partial charge in [0, 0.05) is 56.4 Å². The van der Waals surface area contributed by atoms with Gasteiger partial charge in [0.25, 0.3) is 0 Å². The monoisotopic (exact) mass is 461 g/mol. The summed E-state index contributed by atoms with van der Waals surface area (Å²) in [5.41, 5.74) is 2.48. The van der Waals surface area contributed by atoms with E-state index < -0.39 is 11.8 Å². The normalized spacial score (nSPS) is 16.3. The first kappa shape index (κ1) is 23.2. The van der Waals surface area contributed by atoms with Crippen molar-refractivity contribution in [2.45, 2.75) is 32.6 Å². The molecule has 10 nitrogen and oxygen atoms in total. The van der Waals surface area contributed by atoms with Crippen LogP contribution in [0.1, 0.15) is 36.9 Å². The van der Waals surface area contributed by atoms with Crippen LogP contribution < -0.4 is 20.4 Å². The van der Waals surface area contributed by atoms with E-state index in [9.17, 15) is 19.6 Å². The molecular weight excluding hydrogens is 434 g/mol. The van der Waals surface area contributed by atoms with Crippen LogP contribution in [-0.2, 0) is 14.4 Å². The van der Waals surface area contributed by atoms with E-state index in [2.05, 4.69) is 26.7 Å². The highest BCUT2D eigenvalue weighted by molar-refractivity contribution is 6.39. The minimum atomic E-state index is -0.738. The highest BCUT2D eigenvalue weighted by atomic mass is 16.2. The van der Waals surface area contributed by atoms with E-state index >= 15 is 0 Å². The number of carbonyl (C=O) groups excluding carboxylic acids is 3.